The van der Waals surface area contributed by atoms with E-state index in [1.807, 2.05) is 35.9 Å². The summed E-state index contributed by atoms with van der Waals surface area (Å²) in [4.78, 5) is 30.5. The summed E-state index contributed by atoms with van der Waals surface area (Å²) >= 11 is 0. The Bertz CT molecular complexity index is 1300. The summed E-state index contributed by atoms with van der Waals surface area (Å²) in [6.45, 7) is 0.855. The van der Waals surface area contributed by atoms with Crippen LogP contribution in [-0.4, -0.2) is 45.4 Å². The molecular formula is C26H25F3N4O2. The molecule has 9 heteroatoms. The average Bonchev–Trinajstić information content (AvgIpc) is 3.17. The number of Topliss-reactive ketones (excluding diaryl/α,β-unsaturated/α-hetero) is 1. The van der Waals surface area contributed by atoms with Crippen molar-refractivity contribution in [1.29, 1.82) is 5.26 Å². The lowest BCUT2D eigenvalue weighted by atomic mass is 9.88. The second-order valence-electron chi connectivity index (χ2n) is 8.96. The summed E-state index contributed by atoms with van der Waals surface area (Å²) in [5, 5.41) is 10.1. The third kappa shape index (κ3) is 5.70. The molecule has 3 aromatic rings. The molecule has 1 amide bonds. The molecule has 0 spiro atoms. The van der Waals surface area contributed by atoms with E-state index < -0.39 is 24.9 Å². The molecule has 2 aromatic heterocycles. The highest BCUT2D eigenvalue weighted by molar-refractivity contribution is 5.97. The van der Waals surface area contributed by atoms with Crippen LogP contribution in [0.15, 0.2) is 42.7 Å². The number of ketones is 1. The zero-order valence-electron chi connectivity index (χ0n) is 19.3. The first-order valence-corrected chi connectivity index (χ1v) is 11.5. The number of halogens is 3. The maximum Gasteiger partial charge on any atom is 0.389 e. The van der Waals surface area contributed by atoms with E-state index in [1.54, 1.807) is 6.07 Å². The summed E-state index contributed by atoms with van der Waals surface area (Å²) in [6, 6.07) is 10.9. The van der Waals surface area contributed by atoms with E-state index in [1.165, 1.54) is 17.2 Å². The molecule has 1 aliphatic heterocycles. The first-order chi connectivity index (χ1) is 16.6. The van der Waals surface area contributed by atoms with Gasteiger partial charge in [-0.1, -0.05) is 6.07 Å². The van der Waals surface area contributed by atoms with E-state index in [9.17, 15) is 22.8 Å². The van der Waals surface area contributed by atoms with Gasteiger partial charge in [-0.05, 0) is 54.2 Å². The van der Waals surface area contributed by atoms with Gasteiger partial charge in [0, 0.05) is 56.3 Å². The van der Waals surface area contributed by atoms with Gasteiger partial charge in [0.25, 0.3) is 0 Å². The van der Waals surface area contributed by atoms with Gasteiger partial charge in [0.1, 0.15) is 5.69 Å². The molecule has 0 radical (unpaired) electrons. The van der Waals surface area contributed by atoms with E-state index in [4.69, 9.17) is 5.26 Å². The molecule has 1 aliphatic rings. The maximum absolute atomic E-state index is 12.7. The number of rotatable bonds is 6. The van der Waals surface area contributed by atoms with Gasteiger partial charge >= 0.3 is 6.18 Å². The number of hydrogen-bond acceptors (Lipinski definition) is 4. The number of pyridine rings is 1. The Morgan fingerprint density at radius 1 is 1.17 bits per heavy atom. The van der Waals surface area contributed by atoms with Gasteiger partial charge in [0.2, 0.25) is 5.91 Å². The second kappa shape index (κ2) is 9.90. The molecule has 3 heterocycles. The van der Waals surface area contributed by atoms with Crippen molar-refractivity contribution in [3.05, 3.63) is 65.1 Å². The van der Waals surface area contributed by atoms with Crippen LogP contribution in [0.3, 0.4) is 0 Å². The molecule has 1 saturated heterocycles. The number of piperidine rings is 1. The molecule has 1 fully saturated rings. The number of aromatic nitrogens is 2. The Labute approximate surface area is 201 Å². The second-order valence-corrected chi connectivity index (χ2v) is 8.96. The Hall–Kier alpha value is -3.67. The van der Waals surface area contributed by atoms with Crippen LogP contribution >= 0.6 is 0 Å². The van der Waals surface area contributed by atoms with Crippen molar-refractivity contribution in [2.75, 3.05) is 13.1 Å². The molecule has 0 aliphatic carbocycles. The lowest BCUT2D eigenvalue weighted by Crippen LogP contribution is -2.38. The van der Waals surface area contributed by atoms with Gasteiger partial charge < -0.3 is 9.47 Å². The highest BCUT2D eigenvalue weighted by atomic mass is 19.4. The van der Waals surface area contributed by atoms with Crippen LogP contribution in [0, 0.1) is 11.3 Å². The van der Waals surface area contributed by atoms with E-state index in [-0.39, 0.29) is 23.8 Å². The van der Waals surface area contributed by atoms with E-state index in [0.717, 1.165) is 22.0 Å². The molecule has 35 heavy (non-hydrogen) atoms. The third-order valence-corrected chi connectivity index (χ3v) is 6.53. The van der Waals surface area contributed by atoms with Crippen molar-refractivity contribution in [3.8, 4) is 6.07 Å². The average molecular weight is 483 g/mol. The molecular weight excluding hydrogens is 457 g/mol. The number of benzene rings is 1. The molecule has 6 nitrogen and oxygen atoms in total. The Morgan fingerprint density at radius 3 is 2.60 bits per heavy atom. The van der Waals surface area contributed by atoms with Crippen molar-refractivity contribution >= 4 is 22.6 Å². The fraction of sp³-hybridized carbons (Fsp3) is 0.385. The van der Waals surface area contributed by atoms with E-state index in [2.05, 4.69) is 11.2 Å². The Kier molecular flexibility index (Phi) is 6.92. The Morgan fingerprint density at radius 2 is 1.91 bits per heavy atom. The predicted molar refractivity (Wildman–Crippen MR) is 124 cm³/mol. The number of amides is 1. The van der Waals surface area contributed by atoms with Crippen LogP contribution in [0.5, 0.6) is 0 Å². The zero-order valence-corrected chi connectivity index (χ0v) is 19.3. The lowest BCUT2D eigenvalue weighted by Gasteiger charge is -2.32. The first kappa shape index (κ1) is 24.5. The van der Waals surface area contributed by atoms with Gasteiger partial charge in [0.15, 0.2) is 5.78 Å². The molecule has 1 aromatic carbocycles. The van der Waals surface area contributed by atoms with Crippen molar-refractivity contribution < 1.29 is 22.8 Å². The number of likely N-dealkylation sites (tertiary alicyclic amines) is 1. The first-order valence-electron chi connectivity index (χ1n) is 11.5. The van der Waals surface area contributed by atoms with Crippen LogP contribution in [0.1, 0.15) is 58.8 Å². The minimum atomic E-state index is -4.33. The molecule has 0 saturated carbocycles. The quantitative estimate of drug-likeness (QED) is 0.467. The predicted octanol–water partition coefficient (Wildman–Crippen LogP) is 4.92. The zero-order chi connectivity index (χ0) is 25.2. The number of nitriles is 1. The van der Waals surface area contributed by atoms with Crippen LogP contribution in [-0.2, 0) is 18.3 Å². The van der Waals surface area contributed by atoms with Crippen molar-refractivity contribution in [2.24, 2.45) is 7.05 Å². The molecule has 182 valence electrons. The SMILES string of the molecule is Cn1cc(C2CCN(C(=O)CCC(F)(F)F)CC2)c2cc(CC(=O)c3cc(C#N)ccn3)ccc21. The summed E-state index contributed by atoms with van der Waals surface area (Å²) in [7, 11) is 1.95. The normalized spacial score (nSPS) is 14.8. The van der Waals surface area contributed by atoms with Crippen molar-refractivity contribution in [3.63, 3.8) is 0 Å². The minimum Gasteiger partial charge on any atom is -0.350 e. The molecule has 0 N–H and O–H groups in total. The van der Waals surface area contributed by atoms with Crippen LogP contribution in [0.2, 0.25) is 0 Å². The largest absolute Gasteiger partial charge is 0.389 e. The summed E-state index contributed by atoms with van der Waals surface area (Å²) in [5.74, 6) is -0.455. The number of aryl methyl sites for hydroxylation is 1. The summed E-state index contributed by atoms with van der Waals surface area (Å²) < 4.78 is 39.4. The molecule has 4 rings (SSSR count). The topological polar surface area (TPSA) is 79.0 Å². The standard InChI is InChI=1S/C26H25F3N4O2/c1-32-16-21(19-6-10-33(11-7-19)25(35)4-8-26(27,28)29)20-12-17(2-3-23(20)32)14-24(34)22-13-18(15-30)5-9-31-22/h2-3,5,9,12-13,16,19H,4,6-8,10-11,14H2,1H3. The molecule has 0 atom stereocenters. The van der Waals surface area contributed by atoms with Crippen LogP contribution in [0.4, 0.5) is 13.2 Å². The third-order valence-electron chi connectivity index (χ3n) is 6.53. The maximum atomic E-state index is 12.7. The van der Waals surface area contributed by atoms with Gasteiger partial charge in [-0.15, -0.1) is 0 Å². The monoisotopic (exact) mass is 482 g/mol. The van der Waals surface area contributed by atoms with Gasteiger partial charge in [0.05, 0.1) is 18.1 Å². The van der Waals surface area contributed by atoms with E-state index in [0.29, 0.717) is 31.5 Å². The number of fused-ring (bicyclic) bond motifs is 1. The van der Waals surface area contributed by atoms with Crippen molar-refractivity contribution in [1.82, 2.24) is 14.5 Å². The minimum absolute atomic E-state index is 0.151. The number of alkyl halides is 3. The van der Waals surface area contributed by atoms with Gasteiger partial charge in [-0.3, -0.25) is 14.6 Å². The van der Waals surface area contributed by atoms with Gasteiger partial charge in [-0.25, -0.2) is 0 Å². The van der Waals surface area contributed by atoms with Crippen LogP contribution in [0.25, 0.3) is 10.9 Å². The number of hydrogen-bond donors (Lipinski definition) is 0. The Balaban J connectivity index is 1.47. The van der Waals surface area contributed by atoms with Crippen LogP contribution < -0.4 is 0 Å². The summed E-state index contributed by atoms with van der Waals surface area (Å²) in [6.07, 6.45) is -0.928. The fourth-order valence-corrected chi connectivity index (χ4v) is 4.68. The van der Waals surface area contributed by atoms with Gasteiger partial charge in [-0.2, -0.15) is 18.4 Å². The summed E-state index contributed by atoms with van der Waals surface area (Å²) in [5.41, 5.74) is 3.60. The highest BCUT2D eigenvalue weighted by Gasteiger charge is 2.31. The lowest BCUT2D eigenvalue weighted by molar-refractivity contribution is -0.149. The van der Waals surface area contributed by atoms with Crippen molar-refractivity contribution in [2.45, 2.75) is 44.2 Å². The molecule has 0 bridgehead atoms. The van der Waals surface area contributed by atoms with E-state index >= 15 is 0 Å². The number of carbonyl (C=O) groups excluding carboxylic acids is 2. The fourth-order valence-electron chi connectivity index (χ4n) is 4.68. The highest BCUT2D eigenvalue weighted by Crippen LogP contribution is 2.35. The number of carbonyl (C=O) groups is 2. The number of nitrogens with zero attached hydrogens (tertiary/aromatic N) is 4. The molecule has 0 unspecified atom stereocenters. The smallest absolute Gasteiger partial charge is 0.350 e.